The molecular formula is C25H27NO6. The Bertz CT molecular complexity index is 1040. The number of ketones is 1. The zero-order valence-corrected chi connectivity index (χ0v) is 18.3. The Labute approximate surface area is 187 Å². The Morgan fingerprint density at radius 1 is 1.06 bits per heavy atom. The topological polar surface area (TPSA) is 85.3 Å². The number of nitrogens with zero attached hydrogens (tertiary/aromatic N) is 1. The van der Waals surface area contributed by atoms with Crippen LogP contribution in [0, 0.1) is 0 Å². The van der Waals surface area contributed by atoms with Crippen LogP contribution >= 0.6 is 0 Å². The minimum atomic E-state index is -0.693. The van der Waals surface area contributed by atoms with Crippen molar-refractivity contribution in [2.75, 3.05) is 19.9 Å². The molecule has 7 heteroatoms. The summed E-state index contributed by atoms with van der Waals surface area (Å²) in [6.07, 6.45) is 2.70. The number of Topliss-reactive ketones (excluding diaryl/α,β-unsaturated/α-hetero) is 1. The maximum Gasteiger partial charge on any atom is 0.295 e. The number of unbranched alkanes of at least 4 members (excludes halogenated alkanes) is 1. The first-order valence-electron chi connectivity index (χ1n) is 11.0. The third-order valence-electron chi connectivity index (χ3n) is 5.61. The van der Waals surface area contributed by atoms with E-state index in [-0.39, 0.29) is 18.1 Å². The number of hydrogen-bond donors (Lipinski definition) is 1. The van der Waals surface area contributed by atoms with E-state index >= 15 is 0 Å². The molecule has 2 aliphatic rings. The van der Waals surface area contributed by atoms with E-state index in [2.05, 4.69) is 6.92 Å². The first kappa shape index (κ1) is 21.7. The van der Waals surface area contributed by atoms with E-state index in [4.69, 9.17) is 14.2 Å². The van der Waals surface area contributed by atoms with E-state index < -0.39 is 17.7 Å². The molecule has 2 heterocycles. The normalized spacial score (nSPS) is 18.9. The lowest BCUT2D eigenvalue weighted by Gasteiger charge is -2.25. The number of hydrogen-bond acceptors (Lipinski definition) is 6. The van der Waals surface area contributed by atoms with Crippen LogP contribution in [0.5, 0.6) is 17.2 Å². The fourth-order valence-electron chi connectivity index (χ4n) is 3.98. The van der Waals surface area contributed by atoms with Crippen LogP contribution < -0.4 is 14.2 Å². The predicted molar refractivity (Wildman–Crippen MR) is 119 cm³/mol. The molecule has 1 atom stereocenters. The lowest BCUT2D eigenvalue weighted by molar-refractivity contribution is -0.139. The maximum atomic E-state index is 13.0. The number of likely N-dealkylation sites (tertiary alicyclic amines) is 1. The third kappa shape index (κ3) is 4.02. The molecule has 4 rings (SSSR count). The Morgan fingerprint density at radius 2 is 1.81 bits per heavy atom. The molecule has 7 nitrogen and oxygen atoms in total. The molecule has 1 unspecified atom stereocenters. The van der Waals surface area contributed by atoms with Gasteiger partial charge in [-0.1, -0.05) is 32.4 Å². The molecule has 168 valence electrons. The van der Waals surface area contributed by atoms with Crippen molar-refractivity contribution < 1.29 is 28.9 Å². The highest BCUT2D eigenvalue weighted by Crippen LogP contribution is 2.41. The van der Waals surface area contributed by atoms with Gasteiger partial charge in [-0.2, -0.15) is 0 Å². The molecule has 2 aromatic rings. The molecule has 0 spiro atoms. The van der Waals surface area contributed by atoms with E-state index in [0.29, 0.717) is 36.6 Å². The fourth-order valence-corrected chi connectivity index (χ4v) is 3.98. The SMILES string of the molecule is CCCCOc1ccc(C2/C(=C(/O)c3ccc4c(c3)OCO4)C(=O)C(=O)N2CCC)cc1. The molecule has 1 N–H and O–H groups in total. The van der Waals surface area contributed by atoms with Crippen molar-refractivity contribution in [1.29, 1.82) is 0 Å². The first-order valence-corrected chi connectivity index (χ1v) is 11.0. The number of carbonyl (C=O) groups excluding carboxylic acids is 2. The van der Waals surface area contributed by atoms with Gasteiger partial charge in [0.05, 0.1) is 18.2 Å². The van der Waals surface area contributed by atoms with Gasteiger partial charge in [0, 0.05) is 12.1 Å². The summed E-state index contributed by atoms with van der Waals surface area (Å²) in [7, 11) is 0. The summed E-state index contributed by atoms with van der Waals surface area (Å²) in [5, 5.41) is 11.1. The Balaban J connectivity index is 1.73. The minimum absolute atomic E-state index is 0.0713. The average Bonchev–Trinajstić information content (AvgIpc) is 3.37. The molecule has 0 radical (unpaired) electrons. The number of aliphatic hydroxyl groups is 1. The fraction of sp³-hybridized carbons (Fsp3) is 0.360. The predicted octanol–water partition coefficient (Wildman–Crippen LogP) is 4.43. The van der Waals surface area contributed by atoms with Crippen LogP contribution in [0.2, 0.25) is 0 Å². The minimum Gasteiger partial charge on any atom is -0.507 e. The molecule has 1 amide bonds. The maximum absolute atomic E-state index is 13.0. The van der Waals surface area contributed by atoms with E-state index in [0.717, 1.165) is 24.2 Å². The number of benzene rings is 2. The Hall–Kier alpha value is -3.48. The summed E-state index contributed by atoms with van der Waals surface area (Å²) >= 11 is 0. The first-order chi connectivity index (χ1) is 15.5. The van der Waals surface area contributed by atoms with Gasteiger partial charge in [0.1, 0.15) is 11.5 Å². The van der Waals surface area contributed by atoms with Crippen LogP contribution in [0.4, 0.5) is 0 Å². The number of ether oxygens (including phenoxy) is 3. The smallest absolute Gasteiger partial charge is 0.295 e. The second-order valence-electron chi connectivity index (χ2n) is 7.83. The summed E-state index contributed by atoms with van der Waals surface area (Å²) in [4.78, 5) is 27.3. The van der Waals surface area contributed by atoms with Gasteiger partial charge in [0.15, 0.2) is 11.5 Å². The van der Waals surface area contributed by atoms with Crippen molar-refractivity contribution in [2.45, 2.75) is 39.2 Å². The summed E-state index contributed by atoms with van der Waals surface area (Å²) in [5.41, 5.74) is 1.21. The van der Waals surface area contributed by atoms with Crippen molar-refractivity contribution in [3.8, 4) is 17.2 Å². The van der Waals surface area contributed by atoms with Crippen molar-refractivity contribution in [1.82, 2.24) is 4.90 Å². The van der Waals surface area contributed by atoms with Gasteiger partial charge in [-0.25, -0.2) is 0 Å². The molecule has 1 saturated heterocycles. The van der Waals surface area contributed by atoms with Crippen LogP contribution in [0.3, 0.4) is 0 Å². The van der Waals surface area contributed by atoms with E-state index in [1.807, 2.05) is 31.2 Å². The van der Waals surface area contributed by atoms with Crippen molar-refractivity contribution in [3.63, 3.8) is 0 Å². The standard InChI is InChI=1S/C25H27NO6/c1-3-5-13-30-18-9-6-16(7-10-18)22-21(24(28)25(29)26(22)12-4-2)23(27)17-8-11-19-20(14-17)32-15-31-19/h6-11,14,22,27H,3-5,12-13,15H2,1-2H3/b23-21-. The van der Waals surface area contributed by atoms with Gasteiger partial charge < -0.3 is 24.2 Å². The molecular weight excluding hydrogens is 410 g/mol. The molecule has 32 heavy (non-hydrogen) atoms. The Kier molecular flexibility index (Phi) is 6.35. The van der Waals surface area contributed by atoms with Gasteiger partial charge >= 0.3 is 0 Å². The van der Waals surface area contributed by atoms with E-state index in [1.54, 1.807) is 18.2 Å². The van der Waals surface area contributed by atoms with Gasteiger partial charge in [-0.3, -0.25) is 9.59 Å². The molecule has 2 aromatic carbocycles. The third-order valence-corrected chi connectivity index (χ3v) is 5.61. The summed E-state index contributed by atoms with van der Waals surface area (Å²) in [6, 6.07) is 11.6. The number of amides is 1. The van der Waals surface area contributed by atoms with Gasteiger partial charge in [-0.15, -0.1) is 0 Å². The van der Waals surface area contributed by atoms with Gasteiger partial charge in [0.25, 0.3) is 11.7 Å². The number of carbonyl (C=O) groups is 2. The van der Waals surface area contributed by atoms with Crippen LogP contribution in [0.15, 0.2) is 48.0 Å². The molecule has 0 aliphatic carbocycles. The van der Waals surface area contributed by atoms with Gasteiger partial charge in [0.2, 0.25) is 6.79 Å². The highest BCUT2D eigenvalue weighted by Gasteiger charge is 2.45. The van der Waals surface area contributed by atoms with Crippen LogP contribution in [0.1, 0.15) is 50.3 Å². The molecule has 1 fully saturated rings. The Morgan fingerprint density at radius 3 is 2.53 bits per heavy atom. The van der Waals surface area contributed by atoms with Crippen molar-refractivity contribution >= 4 is 17.4 Å². The highest BCUT2D eigenvalue weighted by atomic mass is 16.7. The summed E-state index contributed by atoms with van der Waals surface area (Å²) in [6.45, 7) is 5.19. The van der Waals surface area contributed by atoms with Crippen molar-refractivity contribution in [3.05, 3.63) is 59.2 Å². The highest BCUT2D eigenvalue weighted by molar-refractivity contribution is 6.46. The van der Waals surface area contributed by atoms with Crippen LogP contribution in [-0.2, 0) is 9.59 Å². The van der Waals surface area contributed by atoms with Crippen LogP contribution in [-0.4, -0.2) is 41.6 Å². The summed E-state index contributed by atoms with van der Waals surface area (Å²) < 4.78 is 16.4. The molecule has 0 saturated carbocycles. The second kappa shape index (κ2) is 9.34. The van der Waals surface area contributed by atoms with Gasteiger partial charge in [-0.05, 0) is 48.7 Å². The number of rotatable bonds is 8. The number of aliphatic hydroxyl groups excluding tert-OH is 1. The zero-order valence-electron chi connectivity index (χ0n) is 18.3. The number of fused-ring (bicyclic) bond motifs is 1. The lowest BCUT2D eigenvalue weighted by Crippen LogP contribution is -2.30. The molecule has 0 aromatic heterocycles. The quantitative estimate of drug-likeness (QED) is 0.285. The lowest BCUT2D eigenvalue weighted by atomic mass is 9.95. The van der Waals surface area contributed by atoms with E-state index in [1.165, 1.54) is 4.90 Å². The molecule has 0 bridgehead atoms. The zero-order chi connectivity index (χ0) is 22.7. The van der Waals surface area contributed by atoms with Crippen molar-refractivity contribution in [2.24, 2.45) is 0 Å². The second-order valence-corrected chi connectivity index (χ2v) is 7.83. The van der Waals surface area contributed by atoms with Crippen LogP contribution in [0.25, 0.3) is 5.76 Å². The largest absolute Gasteiger partial charge is 0.507 e. The molecule has 2 aliphatic heterocycles. The monoisotopic (exact) mass is 437 g/mol. The summed E-state index contributed by atoms with van der Waals surface area (Å²) in [5.74, 6) is 0.258. The average molecular weight is 437 g/mol. The van der Waals surface area contributed by atoms with E-state index in [9.17, 15) is 14.7 Å².